The molecule has 58 heavy (non-hydrogen) atoms. The second-order valence-electron chi connectivity index (χ2n) is 17.6. The predicted octanol–water partition coefficient (Wildman–Crippen LogP) is 7.74. The lowest BCUT2D eigenvalue weighted by molar-refractivity contribution is -0.156. The fourth-order valence-corrected chi connectivity index (χ4v) is 10.8. The molecule has 11 nitrogen and oxygen atoms in total. The van der Waals surface area contributed by atoms with Crippen LogP contribution in [-0.4, -0.2) is 68.5 Å². The highest BCUT2D eigenvalue weighted by Crippen LogP contribution is 2.63. The van der Waals surface area contributed by atoms with E-state index in [-0.39, 0.29) is 48.1 Å². The Morgan fingerprint density at radius 3 is 2.71 bits per heavy atom. The van der Waals surface area contributed by atoms with Crippen LogP contribution in [0.4, 0.5) is 0 Å². The molecule has 2 unspecified atom stereocenters. The van der Waals surface area contributed by atoms with Crippen LogP contribution in [0.1, 0.15) is 87.9 Å². The molecule has 6 bridgehead atoms. The van der Waals surface area contributed by atoms with Crippen LogP contribution < -0.4 is 5.43 Å². The SMILES string of the molecule is CCn1c(-c2cccnc2[C@H](C)OC)c2c3cc(ccc31)-c1csc(n1)CC1(CC1C(=O)[C@H]1[C@@H](C)[C@@H]1c1ccccn1)C(=O)N1CCC[C@H](N1)C(=O)OCC(C)(C)C2. The Morgan fingerprint density at radius 2 is 1.93 bits per heavy atom. The number of cyclic esters (lactones) is 1. The monoisotopic (exact) mass is 800 g/mol. The molecule has 4 aromatic heterocycles. The van der Waals surface area contributed by atoms with Crippen LogP contribution in [0.15, 0.2) is 66.3 Å². The number of amides is 1. The van der Waals surface area contributed by atoms with E-state index in [0.717, 1.165) is 61.9 Å². The number of rotatable bonds is 7. The van der Waals surface area contributed by atoms with E-state index in [2.05, 4.69) is 72.3 Å². The number of pyridine rings is 2. The van der Waals surface area contributed by atoms with E-state index in [9.17, 15) is 14.4 Å². The van der Waals surface area contributed by atoms with E-state index in [0.29, 0.717) is 38.6 Å². The predicted molar refractivity (Wildman–Crippen MR) is 223 cm³/mol. The number of hydrogen-bond donors (Lipinski definition) is 1. The maximum atomic E-state index is 14.8. The van der Waals surface area contributed by atoms with Gasteiger partial charge in [0.1, 0.15) is 11.8 Å². The molecule has 0 radical (unpaired) electrons. The van der Waals surface area contributed by atoms with Crippen LogP contribution in [0, 0.1) is 28.6 Å². The largest absolute Gasteiger partial charge is 0.464 e. The van der Waals surface area contributed by atoms with Gasteiger partial charge in [0, 0.05) is 95.3 Å². The normalized spacial score (nSPS) is 27.3. The lowest BCUT2D eigenvalue weighted by Gasteiger charge is -2.36. The average molecular weight is 801 g/mol. The number of thiazole rings is 1. The molecule has 7 atom stereocenters. The van der Waals surface area contributed by atoms with Gasteiger partial charge in [0.2, 0.25) is 5.91 Å². The topological polar surface area (TPSA) is 129 Å². The van der Waals surface area contributed by atoms with Crippen LogP contribution in [0.2, 0.25) is 0 Å². The molecule has 1 amide bonds. The Morgan fingerprint density at radius 1 is 1.10 bits per heavy atom. The number of ether oxygens (including phenoxy) is 2. The van der Waals surface area contributed by atoms with Crippen LogP contribution >= 0.6 is 11.3 Å². The number of nitrogens with one attached hydrogen (secondary N) is 1. The van der Waals surface area contributed by atoms with E-state index in [1.807, 2.05) is 37.4 Å². The Balaban J connectivity index is 1.14. The molecule has 4 aliphatic rings. The number of aryl methyl sites for hydroxylation is 1. The molecule has 9 rings (SSSR count). The fourth-order valence-electron chi connectivity index (χ4n) is 9.86. The van der Waals surface area contributed by atoms with Crippen molar-refractivity contribution in [2.75, 3.05) is 20.3 Å². The molecule has 302 valence electrons. The number of carbonyl (C=O) groups is 3. The zero-order valence-corrected chi connectivity index (χ0v) is 35.0. The van der Waals surface area contributed by atoms with Crippen molar-refractivity contribution >= 4 is 39.9 Å². The summed E-state index contributed by atoms with van der Waals surface area (Å²) in [6.07, 6.45) is 6.00. The standard InChI is InChI=1S/C46H52N6O5S/c1-7-51-36-16-15-28-20-30(36)31(41(51)29-12-10-18-48-40(29)27(3)56-6)21-45(4,5)25-57-43(54)34-14-11-19-52(50-34)44(55)46(23-37-49-35(28)24-58-37)22-32(46)42(53)39-26(2)38(39)33-13-8-9-17-47-33/h8-10,12-13,15-18,20,24,26-27,32,34,38-39,50H,7,11,14,19,21-23,25H2,1-6H3/t26-,27-,32?,34-,38+,39-,46?/m0/s1. The number of esters is 1. The summed E-state index contributed by atoms with van der Waals surface area (Å²) in [6, 6.07) is 15.8. The summed E-state index contributed by atoms with van der Waals surface area (Å²) in [5.41, 5.74) is 9.83. The van der Waals surface area contributed by atoms with Crippen molar-refractivity contribution in [3.05, 3.63) is 88.3 Å². The number of Topliss-reactive ketones (excluding diaryl/α,β-unsaturated/α-hetero) is 1. The zero-order chi connectivity index (χ0) is 40.5. The lowest BCUT2D eigenvalue weighted by Crippen LogP contribution is -2.57. The number of ketones is 1. The number of nitrogens with zero attached hydrogens (tertiary/aromatic N) is 5. The summed E-state index contributed by atoms with van der Waals surface area (Å²) in [7, 11) is 1.70. The minimum atomic E-state index is -0.944. The van der Waals surface area contributed by atoms with Gasteiger partial charge in [-0.3, -0.25) is 29.4 Å². The molecule has 1 saturated heterocycles. The summed E-state index contributed by atoms with van der Waals surface area (Å²) in [6.45, 7) is 11.9. The van der Waals surface area contributed by atoms with Crippen molar-refractivity contribution in [2.45, 2.75) is 91.3 Å². The third kappa shape index (κ3) is 6.66. The third-order valence-corrected chi connectivity index (χ3v) is 14.0. The Kier molecular flexibility index (Phi) is 9.88. The Hall–Kier alpha value is -4.78. The van der Waals surface area contributed by atoms with Crippen LogP contribution in [0.3, 0.4) is 0 Å². The molecule has 2 saturated carbocycles. The zero-order valence-electron chi connectivity index (χ0n) is 34.2. The second-order valence-corrected chi connectivity index (χ2v) is 18.6. The van der Waals surface area contributed by atoms with E-state index in [1.165, 1.54) is 11.3 Å². The van der Waals surface area contributed by atoms with Gasteiger partial charge >= 0.3 is 5.97 Å². The van der Waals surface area contributed by atoms with Gasteiger partial charge in [-0.25, -0.2) is 10.4 Å². The lowest BCUT2D eigenvalue weighted by atomic mass is 9.84. The highest BCUT2D eigenvalue weighted by Gasteiger charge is 2.69. The fraction of sp³-hybridized carbons (Fsp3) is 0.478. The third-order valence-electron chi connectivity index (χ3n) is 13.2. The summed E-state index contributed by atoms with van der Waals surface area (Å²) in [4.78, 5) is 57.6. The second kappa shape index (κ2) is 14.8. The number of aromatic nitrogens is 4. The molecule has 5 aromatic rings. The molecule has 3 fully saturated rings. The minimum Gasteiger partial charge on any atom is -0.464 e. The van der Waals surface area contributed by atoms with Gasteiger partial charge < -0.3 is 14.0 Å². The van der Waals surface area contributed by atoms with Gasteiger partial charge in [-0.05, 0) is 87.4 Å². The van der Waals surface area contributed by atoms with Gasteiger partial charge in [-0.2, -0.15) is 0 Å². The first-order chi connectivity index (χ1) is 27.9. The van der Waals surface area contributed by atoms with Crippen LogP contribution in [0.25, 0.3) is 33.4 Å². The van der Waals surface area contributed by atoms with Crippen molar-refractivity contribution < 1.29 is 23.9 Å². The van der Waals surface area contributed by atoms with E-state index in [1.54, 1.807) is 18.3 Å². The molecule has 1 spiro atoms. The summed E-state index contributed by atoms with van der Waals surface area (Å²) < 4.78 is 14.3. The molecule has 2 aliphatic heterocycles. The van der Waals surface area contributed by atoms with E-state index < -0.39 is 22.8 Å². The maximum Gasteiger partial charge on any atom is 0.324 e. The van der Waals surface area contributed by atoms with Crippen molar-refractivity contribution in [3.8, 4) is 22.5 Å². The smallest absolute Gasteiger partial charge is 0.324 e. The van der Waals surface area contributed by atoms with Gasteiger partial charge in [-0.1, -0.05) is 32.9 Å². The van der Waals surface area contributed by atoms with Crippen LogP contribution in [-0.2, 0) is 43.2 Å². The molecule has 1 N–H and O–H groups in total. The number of benzene rings is 1. The number of methoxy groups -OCH3 is 1. The quantitative estimate of drug-likeness (QED) is 0.165. The highest BCUT2D eigenvalue weighted by molar-refractivity contribution is 7.10. The van der Waals surface area contributed by atoms with Crippen molar-refractivity contribution in [1.82, 2.24) is 30.0 Å². The first kappa shape index (κ1) is 38.7. The van der Waals surface area contributed by atoms with Gasteiger partial charge in [0.05, 0.1) is 40.2 Å². The number of hydrazine groups is 1. The van der Waals surface area contributed by atoms with Crippen LogP contribution in [0.5, 0.6) is 0 Å². The minimum absolute atomic E-state index is 0.0552. The first-order valence-corrected chi connectivity index (χ1v) is 21.6. The van der Waals surface area contributed by atoms with E-state index in [4.69, 9.17) is 19.4 Å². The summed E-state index contributed by atoms with van der Waals surface area (Å²) in [5.74, 6) is -0.765. The molecule has 1 aromatic carbocycles. The summed E-state index contributed by atoms with van der Waals surface area (Å²) >= 11 is 1.54. The maximum absolute atomic E-state index is 14.8. The van der Waals surface area contributed by atoms with Gasteiger partial charge in [0.25, 0.3) is 0 Å². The average Bonchev–Trinajstić information content (AvgIpc) is 4.03. The number of fused-ring (bicyclic) bond motifs is 6. The van der Waals surface area contributed by atoms with Gasteiger partial charge in [0.15, 0.2) is 0 Å². The molecular formula is C46H52N6O5S. The highest BCUT2D eigenvalue weighted by atomic mass is 32.1. The molecular weight excluding hydrogens is 749 g/mol. The van der Waals surface area contributed by atoms with Crippen molar-refractivity contribution in [3.63, 3.8) is 0 Å². The summed E-state index contributed by atoms with van der Waals surface area (Å²) in [5, 5.41) is 5.60. The van der Waals surface area contributed by atoms with Crippen molar-refractivity contribution in [2.24, 2.45) is 28.6 Å². The molecule has 12 heteroatoms. The van der Waals surface area contributed by atoms with Crippen molar-refractivity contribution in [1.29, 1.82) is 0 Å². The Bertz CT molecular complexity index is 2410. The molecule has 6 heterocycles. The number of carbonyl (C=O) groups excluding carboxylic acids is 3. The van der Waals surface area contributed by atoms with E-state index >= 15 is 0 Å². The molecule has 2 aliphatic carbocycles. The first-order valence-electron chi connectivity index (χ1n) is 20.7. The number of hydrogen-bond acceptors (Lipinski definition) is 10. The van der Waals surface area contributed by atoms with Gasteiger partial charge in [-0.15, -0.1) is 11.3 Å². The Labute approximate surface area is 343 Å².